The van der Waals surface area contributed by atoms with Gasteiger partial charge in [-0.25, -0.2) is 0 Å². The average Bonchev–Trinajstić information content (AvgIpc) is 2.45. The number of hydrogen-bond donors (Lipinski definition) is 1. The van der Waals surface area contributed by atoms with Crippen LogP contribution in [0.25, 0.3) is 0 Å². The Labute approximate surface area is 116 Å². The van der Waals surface area contributed by atoms with Gasteiger partial charge in [0.2, 0.25) is 0 Å². The molecule has 3 heteroatoms. The zero-order valence-electron chi connectivity index (χ0n) is 11.9. The van der Waals surface area contributed by atoms with E-state index in [1.807, 2.05) is 20.0 Å². The van der Waals surface area contributed by atoms with Gasteiger partial charge in [-0.1, -0.05) is 6.07 Å². The minimum atomic E-state index is 0.814. The molecule has 0 radical (unpaired) electrons. The number of rotatable bonds is 4. The number of aryl methyl sites for hydroxylation is 1. The third-order valence-corrected chi connectivity index (χ3v) is 4.03. The second kappa shape index (κ2) is 6.58. The van der Waals surface area contributed by atoms with Crippen molar-refractivity contribution in [1.29, 1.82) is 5.26 Å². The summed E-state index contributed by atoms with van der Waals surface area (Å²) in [5, 5.41) is 12.5. The van der Waals surface area contributed by atoms with E-state index in [9.17, 15) is 5.26 Å². The van der Waals surface area contributed by atoms with Crippen molar-refractivity contribution in [2.45, 2.75) is 26.2 Å². The van der Waals surface area contributed by atoms with Gasteiger partial charge in [0.05, 0.1) is 11.3 Å². The molecule has 1 aliphatic rings. The van der Waals surface area contributed by atoms with E-state index in [4.69, 9.17) is 0 Å². The Morgan fingerprint density at radius 2 is 2.11 bits per heavy atom. The van der Waals surface area contributed by atoms with Crippen LogP contribution < -0.4 is 10.2 Å². The monoisotopic (exact) mass is 257 g/mol. The second-order valence-corrected chi connectivity index (χ2v) is 5.46. The van der Waals surface area contributed by atoms with Gasteiger partial charge in [-0.2, -0.15) is 5.26 Å². The lowest BCUT2D eigenvalue weighted by Gasteiger charge is -2.34. The van der Waals surface area contributed by atoms with Gasteiger partial charge in [0.15, 0.2) is 0 Å². The minimum Gasteiger partial charge on any atom is -0.370 e. The summed E-state index contributed by atoms with van der Waals surface area (Å²) in [6, 6.07) is 8.52. The lowest BCUT2D eigenvalue weighted by molar-refractivity contribution is 0.378. The van der Waals surface area contributed by atoms with Crippen molar-refractivity contribution < 1.29 is 0 Å². The SMILES string of the molecule is CNCCC1CCN(c2ccc(C)cc2C#N)CC1. The molecule has 102 valence electrons. The molecule has 19 heavy (non-hydrogen) atoms. The van der Waals surface area contributed by atoms with Crippen LogP contribution in [-0.4, -0.2) is 26.7 Å². The van der Waals surface area contributed by atoms with Crippen LogP contribution in [0.2, 0.25) is 0 Å². The van der Waals surface area contributed by atoms with Gasteiger partial charge in [-0.3, -0.25) is 0 Å². The van der Waals surface area contributed by atoms with Crippen molar-refractivity contribution in [3.05, 3.63) is 29.3 Å². The zero-order chi connectivity index (χ0) is 13.7. The first-order valence-corrected chi connectivity index (χ1v) is 7.15. The van der Waals surface area contributed by atoms with Crippen LogP contribution in [0.5, 0.6) is 0 Å². The molecular formula is C16H23N3. The highest BCUT2D eigenvalue weighted by Gasteiger charge is 2.20. The molecule has 2 rings (SSSR count). The van der Waals surface area contributed by atoms with Crippen LogP contribution in [0, 0.1) is 24.2 Å². The average molecular weight is 257 g/mol. The van der Waals surface area contributed by atoms with Crippen LogP contribution in [0.3, 0.4) is 0 Å². The largest absolute Gasteiger partial charge is 0.370 e. The number of piperidine rings is 1. The maximum Gasteiger partial charge on any atom is 0.101 e. The summed E-state index contributed by atoms with van der Waals surface area (Å²) < 4.78 is 0. The molecule has 0 aromatic heterocycles. The topological polar surface area (TPSA) is 39.1 Å². The molecule has 1 saturated heterocycles. The molecule has 1 aromatic carbocycles. The van der Waals surface area contributed by atoms with Crippen LogP contribution >= 0.6 is 0 Å². The van der Waals surface area contributed by atoms with Crippen LogP contribution in [0.1, 0.15) is 30.4 Å². The van der Waals surface area contributed by atoms with Crippen molar-refractivity contribution in [2.24, 2.45) is 5.92 Å². The fourth-order valence-electron chi connectivity index (χ4n) is 2.83. The molecule has 3 nitrogen and oxygen atoms in total. The van der Waals surface area contributed by atoms with E-state index in [1.54, 1.807) is 0 Å². The Morgan fingerprint density at radius 1 is 1.37 bits per heavy atom. The Bertz CT molecular complexity index is 454. The molecule has 1 aromatic rings. The Balaban J connectivity index is 2.00. The highest BCUT2D eigenvalue weighted by Crippen LogP contribution is 2.27. The number of anilines is 1. The van der Waals surface area contributed by atoms with Gasteiger partial charge in [-0.15, -0.1) is 0 Å². The Morgan fingerprint density at radius 3 is 2.74 bits per heavy atom. The maximum atomic E-state index is 9.26. The standard InChI is InChI=1S/C16H23N3/c1-13-3-4-16(15(11-13)12-17)19-9-6-14(7-10-19)5-8-18-2/h3-4,11,14,18H,5-10H2,1-2H3. The maximum absolute atomic E-state index is 9.26. The summed E-state index contributed by atoms with van der Waals surface area (Å²) in [6.45, 7) is 5.30. The second-order valence-electron chi connectivity index (χ2n) is 5.46. The van der Waals surface area contributed by atoms with Crippen LogP contribution in [0.15, 0.2) is 18.2 Å². The van der Waals surface area contributed by atoms with Gasteiger partial charge in [0, 0.05) is 13.1 Å². The van der Waals surface area contributed by atoms with E-state index in [1.165, 1.54) is 19.3 Å². The number of hydrogen-bond acceptors (Lipinski definition) is 3. The van der Waals surface area contributed by atoms with Crippen molar-refractivity contribution in [3.8, 4) is 6.07 Å². The first kappa shape index (κ1) is 13.9. The first-order valence-electron chi connectivity index (χ1n) is 7.15. The fraction of sp³-hybridized carbons (Fsp3) is 0.562. The van der Waals surface area contributed by atoms with Gasteiger partial charge >= 0.3 is 0 Å². The third kappa shape index (κ3) is 3.48. The molecule has 0 aliphatic carbocycles. The van der Waals surface area contributed by atoms with Crippen molar-refractivity contribution >= 4 is 5.69 Å². The predicted molar refractivity (Wildman–Crippen MR) is 79.4 cm³/mol. The van der Waals surface area contributed by atoms with Gasteiger partial charge < -0.3 is 10.2 Å². The normalized spacial score (nSPS) is 16.4. The zero-order valence-corrected chi connectivity index (χ0v) is 11.9. The van der Waals surface area contributed by atoms with Crippen LogP contribution in [-0.2, 0) is 0 Å². The molecule has 1 fully saturated rings. The fourth-order valence-corrected chi connectivity index (χ4v) is 2.83. The summed E-state index contributed by atoms with van der Waals surface area (Å²) in [5.41, 5.74) is 3.08. The third-order valence-electron chi connectivity index (χ3n) is 4.03. The molecule has 0 saturated carbocycles. The van der Waals surface area contributed by atoms with Gasteiger partial charge in [-0.05, 0) is 63.4 Å². The number of nitrogens with one attached hydrogen (secondary N) is 1. The number of nitrogens with zero attached hydrogens (tertiary/aromatic N) is 2. The molecule has 0 spiro atoms. The molecular weight excluding hydrogens is 234 g/mol. The summed E-state index contributed by atoms with van der Waals surface area (Å²) >= 11 is 0. The van der Waals surface area contributed by atoms with Gasteiger partial charge in [0.1, 0.15) is 6.07 Å². The van der Waals surface area contributed by atoms with E-state index >= 15 is 0 Å². The molecule has 0 amide bonds. The van der Waals surface area contributed by atoms with E-state index in [2.05, 4.69) is 28.4 Å². The summed E-state index contributed by atoms with van der Waals surface area (Å²) in [6.07, 6.45) is 3.74. The molecule has 0 atom stereocenters. The minimum absolute atomic E-state index is 0.814. The highest BCUT2D eigenvalue weighted by molar-refractivity contribution is 5.60. The van der Waals surface area contributed by atoms with Crippen LogP contribution in [0.4, 0.5) is 5.69 Å². The number of benzene rings is 1. The van der Waals surface area contributed by atoms with E-state index in [-0.39, 0.29) is 0 Å². The lowest BCUT2D eigenvalue weighted by atomic mass is 9.93. The predicted octanol–water partition coefficient (Wildman–Crippen LogP) is 2.69. The highest BCUT2D eigenvalue weighted by atomic mass is 15.1. The van der Waals surface area contributed by atoms with E-state index in [0.29, 0.717) is 0 Å². The Kier molecular flexibility index (Phi) is 4.81. The smallest absolute Gasteiger partial charge is 0.101 e. The molecule has 0 bridgehead atoms. The molecule has 1 aliphatic heterocycles. The molecule has 1 heterocycles. The summed E-state index contributed by atoms with van der Waals surface area (Å²) in [5.74, 6) is 0.833. The van der Waals surface area contributed by atoms with Gasteiger partial charge in [0.25, 0.3) is 0 Å². The Hall–Kier alpha value is -1.53. The van der Waals surface area contributed by atoms with Crippen molar-refractivity contribution in [3.63, 3.8) is 0 Å². The first-order chi connectivity index (χ1) is 9.24. The molecule has 0 unspecified atom stereocenters. The summed E-state index contributed by atoms with van der Waals surface area (Å²) in [7, 11) is 2.01. The molecule has 1 N–H and O–H groups in total. The summed E-state index contributed by atoms with van der Waals surface area (Å²) in [4.78, 5) is 2.37. The van der Waals surface area contributed by atoms with Crippen molar-refractivity contribution in [1.82, 2.24) is 5.32 Å². The quantitative estimate of drug-likeness (QED) is 0.901. The van der Waals surface area contributed by atoms with Crippen molar-refractivity contribution in [2.75, 3.05) is 31.6 Å². The van der Waals surface area contributed by atoms with E-state index < -0.39 is 0 Å². The van der Waals surface area contributed by atoms with E-state index in [0.717, 1.165) is 42.4 Å². The number of nitriles is 1. The lowest BCUT2D eigenvalue weighted by Crippen LogP contribution is -2.34.